The van der Waals surface area contributed by atoms with Crippen molar-refractivity contribution in [2.75, 3.05) is 5.43 Å². The van der Waals surface area contributed by atoms with Crippen molar-refractivity contribution in [1.82, 2.24) is 4.98 Å². The predicted octanol–water partition coefficient (Wildman–Crippen LogP) is 1.52. The Morgan fingerprint density at radius 3 is 2.75 bits per heavy atom. The number of nitrogens with two attached hydrogens (primary N) is 1. The van der Waals surface area contributed by atoms with E-state index in [0.29, 0.717) is 5.82 Å². The molecule has 1 heterocycles. The van der Waals surface area contributed by atoms with Crippen LogP contribution >= 0.6 is 0 Å². The number of pyridine rings is 1. The molecule has 2 aromatic rings. The van der Waals surface area contributed by atoms with Gasteiger partial charge in [0.25, 0.3) is 0 Å². The van der Waals surface area contributed by atoms with Crippen molar-refractivity contribution in [1.29, 1.82) is 0 Å². The van der Waals surface area contributed by atoms with Gasteiger partial charge in [-0.15, -0.1) is 0 Å². The van der Waals surface area contributed by atoms with Crippen LogP contribution < -0.4 is 11.3 Å². The summed E-state index contributed by atoms with van der Waals surface area (Å²) < 4.78 is 0. The molecule has 3 nitrogen and oxygen atoms in total. The van der Waals surface area contributed by atoms with Crippen molar-refractivity contribution in [2.24, 2.45) is 5.84 Å². The standard InChI is InChI=1S/C9H9N3/c10-12-9-6-5-7-3-1-2-4-8(7)11-9/h1-6H,10H2,(H,11,12). The largest absolute Gasteiger partial charge is 0.308 e. The molecule has 1 aromatic heterocycles. The second-order valence-electron chi connectivity index (χ2n) is 2.53. The zero-order valence-electron chi connectivity index (χ0n) is 6.49. The average Bonchev–Trinajstić information content (AvgIpc) is 2.17. The van der Waals surface area contributed by atoms with Crippen LogP contribution in [-0.4, -0.2) is 4.98 Å². The van der Waals surface area contributed by atoms with E-state index in [2.05, 4.69) is 10.4 Å². The maximum absolute atomic E-state index is 5.23. The van der Waals surface area contributed by atoms with Gasteiger partial charge in [-0.2, -0.15) is 0 Å². The fraction of sp³-hybridized carbons (Fsp3) is 0. The first-order valence-corrected chi connectivity index (χ1v) is 3.72. The topological polar surface area (TPSA) is 50.9 Å². The number of para-hydroxylation sites is 1. The number of hydrogen-bond donors (Lipinski definition) is 2. The first-order valence-electron chi connectivity index (χ1n) is 3.72. The minimum Gasteiger partial charge on any atom is -0.308 e. The van der Waals surface area contributed by atoms with Gasteiger partial charge in [0.15, 0.2) is 0 Å². The fourth-order valence-corrected chi connectivity index (χ4v) is 1.15. The second kappa shape index (κ2) is 2.79. The van der Waals surface area contributed by atoms with Gasteiger partial charge in [-0.1, -0.05) is 18.2 Å². The molecule has 0 aliphatic carbocycles. The number of aromatic nitrogens is 1. The van der Waals surface area contributed by atoms with Crippen molar-refractivity contribution in [2.45, 2.75) is 0 Å². The molecule has 12 heavy (non-hydrogen) atoms. The van der Waals surface area contributed by atoms with E-state index in [4.69, 9.17) is 5.84 Å². The van der Waals surface area contributed by atoms with E-state index in [-0.39, 0.29) is 0 Å². The summed E-state index contributed by atoms with van der Waals surface area (Å²) in [7, 11) is 0. The number of nitrogen functional groups attached to an aromatic ring is 1. The predicted molar refractivity (Wildman–Crippen MR) is 49.6 cm³/mol. The number of hydrogen-bond acceptors (Lipinski definition) is 3. The minimum atomic E-state index is 0.689. The van der Waals surface area contributed by atoms with Crippen molar-refractivity contribution in [3.8, 4) is 0 Å². The lowest BCUT2D eigenvalue weighted by atomic mass is 10.2. The molecule has 2 rings (SSSR count). The summed E-state index contributed by atoms with van der Waals surface area (Å²) in [6, 6.07) is 11.7. The lowest BCUT2D eigenvalue weighted by molar-refractivity contribution is 1.26. The van der Waals surface area contributed by atoms with Gasteiger partial charge in [0.1, 0.15) is 5.82 Å². The third kappa shape index (κ3) is 1.10. The molecule has 60 valence electrons. The first kappa shape index (κ1) is 7.06. The third-order valence-electron chi connectivity index (χ3n) is 1.75. The Balaban J connectivity index is 2.67. The zero-order chi connectivity index (χ0) is 8.39. The maximum atomic E-state index is 5.23. The summed E-state index contributed by atoms with van der Waals surface area (Å²) >= 11 is 0. The van der Waals surface area contributed by atoms with Crippen LogP contribution in [0.3, 0.4) is 0 Å². The van der Waals surface area contributed by atoms with Crippen molar-refractivity contribution in [3.63, 3.8) is 0 Å². The van der Waals surface area contributed by atoms with Crippen LogP contribution in [0.25, 0.3) is 10.9 Å². The van der Waals surface area contributed by atoms with Gasteiger partial charge < -0.3 is 5.43 Å². The highest BCUT2D eigenvalue weighted by molar-refractivity contribution is 5.79. The highest BCUT2D eigenvalue weighted by Gasteiger charge is 1.93. The molecule has 3 heteroatoms. The Morgan fingerprint density at radius 2 is 1.92 bits per heavy atom. The summed E-state index contributed by atoms with van der Waals surface area (Å²) in [5.41, 5.74) is 3.46. The van der Waals surface area contributed by atoms with E-state index in [1.54, 1.807) is 0 Å². The monoisotopic (exact) mass is 159 g/mol. The number of anilines is 1. The lowest BCUT2D eigenvalue weighted by Gasteiger charge is -2.00. The Morgan fingerprint density at radius 1 is 1.08 bits per heavy atom. The Bertz CT molecular complexity index is 398. The summed E-state index contributed by atoms with van der Waals surface area (Å²) in [5.74, 6) is 5.92. The molecule has 0 saturated heterocycles. The molecule has 0 atom stereocenters. The summed E-state index contributed by atoms with van der Waals surface area (Å²) in [6.07, 6.45) is 0. The van der Waals surface area contributed by atoms with E-state index < -0.39 is 0 Å². The Hall–Kier alpha value is -1.61. The summed E-state index contributed by atoms with van der Waals surface area (Å²) in [6.45, 7) is 0. The molecular formula is C9H9N3. The zero-order valence-corrected chi connectivity index (χ0v) is 6.49. The SMILES string of the molecule is NNc1ccc2ccccc2n1. The van der Waals surface area contributed by atoms with Gasteiger partial charge in [0, 0.05) is 5.39 Å². The molecule has 0 aliphatic heterocycles. The fourth-order valence-electron chi connectivity index (χ4n) is 1.15. The van der Waals surface area contributed by atoms with Crippen LogP contribution in [0.4, 0.5) is 5.82 Å². The van der Waals surface area contributed by atoms with Gasteiger partial charge >= 0.3 is 0 Å². The number of fused-ring (bicyclic) bond motifs is 1. The van der Waals surface area contributed by atoms with Crippen molar-refractivity contribution < 1.29 is 0 Å². The molecule has 3 N–H and O–H groups in total. The highest BCUT2D eigenvalue weighted by Crippen LogP contribution is 2.13. The molecule has 0 radical (unpaired) electrons. The minimum absolute atomic E-state index is 0.689. The van der Waals surface area contributed by atoms with Crippen LogP contribution in [0.1, 0.15) is 0 Å². The highest BCUT2D eigenvalue weighted by atomic mass is 15.2. The van der Waals surface area contributed by atoms with Crippen LogP contribution in [-0.2, 0) is 0 Å². The quantitative estimate of drug-likeness (QED) is 0.490. The summed E-state index contributed by atoms with van der Waals surface area (Å²) in [5, 5.41) is 1.12. The van der Waals surface area contributed by atoms with Gasteiger partial charge in [-0.3, -0.25) is 0 Å². The van der Waals surface area contributed by atoms with E-state index in [1.807, 2.05) is 36.4 Å². The molecule has 0 unspecified atom stereocenters. The van der Waals surface area contributed by atoms with Crippen molar-refractivity contribution in [3.05, 3.63) is 36.4 Å². The number of rotatable bonds is 1. The lowest BCUT2D eigenvalue weighted by Crippen LogP contribution is -2.07. The van der Waals surface area contributed by atoms with E-state index in [0.717, 1.165) is 10.9 Å². The second-order valence-corrected chi connectivity index (χ2v) is 2.53. The first-order chi connectivity index (χ1) is 5.90. The molecular weight excluding hydrogens is 150 g/mol. The van der Waals surface area contributed by atoms with E-state index in [9.17, 15) is 0 Å². The molecule has 0 amide bonds. The number of nitrogens with zero attached hydrogens (tertiary/aromatic N) is 1. The number of hydrazine groups is 1. The Kier molecular flexibility index (Phi) is 1.64. The van der Waals surface area contributed by atoms with Gasteiger partial charge in [0.05, 0.1) is 5.52 Å². The smallest absolute Gasteiger partial charge is 0.140 e. The van der Waals surface area contributed by atoms with E-state index >= 15 is 0 Å². The normalized spacial score (nSPS) is 10.1. The van der Waals surface area contributed by atoms with Gasteiger partial charge in [-0.25, -0.2) is 10.8 Å². The third-order valence-corrected chi connectivity index (χ3v) is 1.75. The number of benzene rings is 1. The molecule has 0 fully saturated rings. The molecule has 0 bridgehead atoms. The van der Waals surface area contributed by atoms with Crippen LogP contribution in [0.15, 0.2) is 36.4 Å². The molecule has 0 spiro atoms. The van der Waals surface area contributed by atoms with Crippen LogP contribution in [0.5, 0.6) is 0 Å². The Labute approximate surface area is 70.2 Å². The number of nitrogens with one attached hydrogen (secondary N) is 1. The van der Waals surface area contributed by atoms with Crippen LogP contribution in [0.2, 0.25) is 0 Å². The summed E-state index contributed by atoms with van der Waals surface area (Å²) in [4.78, 5) is 4.26. The van der Waals surface area contributed by atoms with Gasteiger partial charge in [0.2, 0.25) is 0 Å². The molecule has 0 aliphatic rings. The van der Waals surface area contributed by atoms with E-state index in [1.165, 1.54) is 0 Å². The molecule has 1 aromatic carbocycles. The van der Waals surface area contributed by atoms with Crippen LogP contribution in [0, 0.1) is 0 Å². The maximum Gasteiger partial charge on any atom is 0.140 e. The van der Waals surface area contributed by atoms with Gasteiger partial charge in [-0.05, 0) is 18.2 Å². The average molecular weight is 159 g/mol. The molecule has 0 saturated carbocycles. The van der Waals surface area contributed by atoms with Crippen molar-refractivity contribution >= 4 is 16.7 Å².